The molecule has 0 radical (unpaired) electrons. The Labute approximate surface area is 280 Å². The Morgan fingerprint density at radius 1 is 0.318 bits per heavy atom. The third-order valence-corrected chi connectivity index (χ3v) is 10.6. The predicted molar refractivity (Wildman–Crippen MR) is 203 cm³/mol. The minimum absolute atomic E-state index is 1.29. The molecule has 0 amide bonds. The molecular weight excluding hydrogens is 528 g/mol. The van der Waals surface area contributed by atoms with E-state index in [2.05, 4.69) is 26.8 Å². The summed E-state index contributed by atoms with van der Waals surface area (Å²) in [5.41, 5.74) is 5.48. The molecule has 0 aromatic carbocycles. The Morgan fingerprint density at radius 3 is 0.932 bits per heavy atom. The first-order valence-corrected chi connectivity index (χ1v) is 21.2. The molecule has 0 bridgehead atoms. The molecule has 1 aliphatic carbocycles. The summed E-state index contributed by atoms with van der Waals surface area (Å²) in [6.07, 6.45) is 56.1. The average Bonchev–Trinajstić information content (AvgIpc) is 3.42. The van der Waals surface area contributed by atoms with Crippen LogP contribution in [0.2, 0.25) is 0 Å². The van der Waals surface area contributed by atoms with E-state index in [0.29, 0.717) is 0 Å². The zero-order chi connectivity index (χ0) is 31.6. The Kier molecular flexibility index (Phi) is 31.9. The third kappa shape index (κ3) is 25.6. The lowest BCUT2D eigenvalue weighted by molar-refractivity contribution is 0.545. The highest BCUT2D eigenvalue weighted by molar-refractivity contribution is 5.42. The minimum atomic E-state index is 1.29. The van der Waals surface area contributed by atoms with E-state index in [1.807, 2.05) is 11.1 Å². The molecule has 1 aliphatic rings. The van der Waals surface area contributed by atoms with Crippen LogP contribution in [0.5, 0.6) is 0 Å². The highest BCUT2D eigenvalue weighted by Crippen LogP contribution is 2.36. The summed E-state index contributed by atoms with van der Waals surface area (Å²) in [6, 6.07) is 0. The maximum Gasteiger partial charge on any atom is -0.0127 e. The second kappa shape index (κ2) is 33.8. The number of unbranched alkanes of at least 4 members (excludes halogenated alkanes) is 30. The van der Waals surface area contributed by atoms with Crippen molar-refractivity contribution in [2.75, 3.05) is 0 Å². The van der Waals surface area contributed by atoms with E-state index in [1.54, 1.807) is 5.57 Å². The van der Waals surface area contributed by atoms with E-state index in [1.165, 1.54) is 238 Å². The Hall–Kier alpha value is -0.520. The van der Waals surface area contributed by atoms with Crippen molar-refractivity contribution >= 4 is 0 Å². The summed E-state index contributed by atoms with van der Waals surface area (Å²) in [5.74, 6) is 0. The van der Waals surface area contributed by atoms with Gasteiger partial charge in [0.1, 0.15) is 0 Å². The molecule has 260 valence electrons. The zero-order valence-electron chi connectivity index (χ0n) is 31.2. The fourth-order valence-corrected chi connectivity index (χ4v) is 7.51. The quantitative estimate of drug-likeness (QED) is 0.0617. The molecule has 44 heavy (non-hydrogen) atoms. The van der Waals surface area contributed by atoms with E-state index in [9.17, 15) is 0 Å². The molecule has 0 spiro atoms. The van der Waals surface area contributed by atoms with Gasteiger partial charge in [0.25, 0.3) is 0 Å². The maximum absolute atomic E-state index is 2.66. The summed E-state index contributed by atoms with van der Waals surface area (Å²) < 4.78 is 0. The number of allylic oxidation sites excluding steroid dienone is 4. The van der Waals surface area contributed by atoms with Gasteiger partial charge in [-0.2, -0.15) is 0 Å². The normalized spacial score (nSPS) is 13.4. The highest BCUT2D eigenvalue weighted by atomic mass is 14.2. The van der Waals surface area contributed by atoms with Gasteiger partial charge in [-0.15, -0.1) is 0 Å². The van der Waals surface area contributed by atoms with Gasteiger partial charge < -0.3 is 0 Å². The van der Waals surface area contributed by atoms with E-state index < -0.39 is 0 Å². The SMILES string of the molecule is CCCCCCCCCCCCCC1=CCC(CCCCCCCCCCCCC)=C1CCCCCCCCCCCCC. The topological polar surface area (TPSA) is 0 Å². The molecule has 0 unspecified atom stereocenters. The first kappa shape index (κ1) is 41.5. The fourth-order valence-electron chi connectivity index (χ4n) is 7.51. The zero-order valence-corrected chi connectivity index (χ0v) is 31.2. The molecule has 0 heterocycles. The van der Waals surface area contributed by atoms with Crippen molar-refractivity contribution in [3.8, 4) is 0 Å². The smallest absolute Gasteiger partial charge is 0.0127 e. The number of hydrogen-bond acceptors (Lipinski definition) is 0. The average molecular weight is 613 g/mol. The first-order chi connectivity index (χ1) is 21.8. The molecule has 0 fully saturated rings. The Balaban J connectivity index is 2.28. The van der Waals surface area contributed by atoms with Crippen LogP contribution in [0, 0.1) is 0 Å². The Bertz CT molecular complexity index is 636. The molecule has 0 nitrogen and oxygen atoms in total. The van der Waals surface area contributed by atoms with Crippen LogP contribution in [-0.4, -0.2) is 0 Å². The summed E-state index contributed by atoms with van der Waals surface area (Å²) in [6.45, 7) is 6.96. The van der Waals surface area contributed by atoms with Crippen LogP contribution >= 0.6 is 0 Å². The number of rotatable bonds is 36. The lowest BCUT2D eigenvalue weighted by Gasteiger charge is -2.13. The van der Waals surface area contributed by atoms with E-state index in [0.717, 1.165) is 0 Å². The summed E-state index contributed by atoms with van der Waals surface area (Å²) in [7, 11) is 0. The van der Waals surface area contributed by atoms with E-state index in [4.69, 9.17) is 0 Å². The largest absolute Gasteiger partial charge is 0.0770 e. The second-order valence-electron chi connectivity index (χ2n) is 14.9. The summed E-state index contributed by atoms with van der Waals surface area (Å²) in [4.78, 5) is 0. The number of hydrogen-bond donors (Lipinski definition) is 0. The van der Waals surface area contributed by atoms with Gasteiger partial charge in [-0.1, -0.05) is 225 Å². The molecule has 0 aromatic rings. The van der Waals surface area contributed by atoms with E-state index in [-0.39, 0.29) is 0 Å². The van der Waals surface area contributed by atoms with Gasteiger partial charge in [-0.05, 0) is 56.1 Å². The lowest BCUT2D eigenvalue weighted by atomic mass is 9.92. The van der Waals surface area contributed by atoms with Gasteiger partial charge in [0, 0.05) is 0 Å². The molecule has 0 aliphatic heterocycles. The summed E-state index contributed by atoms with van der Waals surface area (Å²) >= 11 is 0. The molecular formula is C44H84. The van der Waals surface area contributed by atoms with Gasteiger partial charge in [0.15, 0.2) is 0 Å². The van der Waals surface area contributed by atoms with Crippen molar-refractivity contribution in [2.24, 2.45) is 0 Å². The van der Waals surface area contributed by atoms with Gasteiger partial charge in [0.2, 0.25) is 0 Å². The standard InChI is InChI=1S/C44H84/c1-4-7-10-13-16-19-22-25-28-31-34-37-42-40-41-43(38-35-32-29-26-23-20-17-14-11-8-5-2)44(42)39-36-33-30-27-24-21-18-15-12-9-6-3/h40H,4-39,41H2,1-3H3. The van der Waals surface area contributed by atoms with Crippen molar-refractivity contribution in [1.82, 2.24) is 0 Å². The van der Waals surface area contributed by atoms with E-state index >= 15 is 0 Å². The van der Waals surface area contributed by atoms with Crippen LogP contribution in [0.3, 0.4) is 0 Å². The molecule has 0 aromatic heterocycles. The van der Waals surface area contributed by atoms with Gasteiger partial charge >= 0.3 is 0 Å². The molecule has 0 heteroatoms. The lowest BCUT2D eigenvalue weighted by Crippen LogP contribution is -1.94. The van der Waals surface area contributed by atoms with Crippen LogP contribution in [0.1, 0.15) is 258 Å². The van der Waals surface area contributed by atoms with Crippen LogP contribution in [0.25, 0.3) is 0 Å². The first-order valence-electron chi connectivity index (χ1n) is 21.2. The van der Waals surface area contributed by atoms with Gasteiger partial charge in [-0.25, -0.2) is 0 Å². The molecule has 0 saturated carbocycles. The van der Waals surface area contributed by atoms with Crippen molar-refractivity contribution in [3.05, 3.63) is 22.8 Å². The van der Waals surface area contributed by atoms with Crippen LogP contribution in [0.15, 0.2) is 22.8 Å². The predicted octanol–water partition coefficient (Wildman–Crippen LogP) is 16.7. The van der Waals surface area contributed by atoms with Gasteiger partial charge in [0.05, 0.1) is 0 Å². The van der Waals surface area contributed by atoms with Crippen LogP contribution in [-0.2, 0) is 0 Å². The maximum atomic E-state index is 2.66. The van der Waals surface area contributed by atoms with Crippen molar-refractivity contribution in [2.45, 2.75) is 258 Å². The second-order valence-corrected chi connectivity index (χ2v) is 14.9. The monoisotopic (exact) mass is 613 g/mol. The molecule has 1 rings (SSSR count). The van der Waals surface area contributed by atoms with Crippen LogP contribution in [0.4, 0.5) is 0 Å². The molecule has 0 N–H and O–H groups in total. The minimum Gasteiger partial charge on any atom is -0.0770 e. The van der Waals surface area contributed by atoms with Crippen LogP contribution < -0.4 is 0 Å². The third-order valence-electron chi connectivity index (χ3n) is 10.6. The summed E-state index contributed by atoms with van der Waals surface area (Å²) in [5, 5.41) is 0. The van der Waals surface area contributed by atoms with Crippen molar-refractivity contribution in [1.29, 1.82) is 0 Å². The molecule has 0 atom stereocenters. The van der Waals surface area contributed by atoms with Gasteiger partial charge in [-0.3, -0.25) is 0 Å². The highest BCUT2D eigenvalue weighted by Gasteiger charge is 2.17. The van der Waals surface area contributed by atoms with Crippen molar-refractivity contribution in [3.63, 3.8) is 0 Å². The molecule has 0 saturated heterocycles. The Morgan fingerprint density at radius 2 is 0.591 bits per heavy atom. The van der Waals surface area contributed by atoms with Crippen molar-refractivity contribution < 1.29 is 0 Å². The fraction of sp³-hybridized carbons (Fsp3) is 0.909.